The van der Waals surface area contributed by atoms with Crippen molar-refractivity contribution in [2.45, 2.75) is 25.0 Å². The van der Waals surface area contributed by atoms with Gasteiger partial charge in [0.1, 0.15) is 6.61 Å². The van der Waals surface area contributed by atoms with E-state index in [0.717, 1.165) is 0 Å². The first-order valence-corrected chi connectivity index (χ1v) is 10.1. The summed E-state index contributed by atoms with van der Waals surface area (Å²) in [5, 5.41) is 5.67. The minimum absolute atomic E-state index is 0.0257. The molecule has 1 atom stereocenters. The van der Waals surface area contributed by atoms with Crippen LogP contribution in [0.15, 0.2) is 24.3 Å². The maximum atomic E-state index is 12.0. The van der Waals surface area contributed by atoms with Crippen molar-refractivity contribution in [3.8, 4) is 11.5 Å². The van der Waals surface area contributed by atoms with Gasteiger partial charge in [-0.25, -0.2) is 17.5 Å². The van der Waals surface area contributed by atoms with Gasteiger partial charge < -0.3 is 20.1 Å². The zero-order chi connectivity index (χ0) is 17.9. The average Bonchev–Trinajstić information content (AvgIpc) is 2.59. The molecule has 0 bridgehead atoms. The van der Waals surface area contributed by atoms with E-state index in [4.69, 9.17) is 9.47 Å². The molecule has 0 aromatic heterocycles. The minimum atomic E-state index is -3.15. The lowest BCUT2D eigenvalue weighted by Crippen LogP contribution is -2.50. The van der Waals surface area contributed by atoms with E-state index in [1.165, 1.54) is 10.6 Å². The molecule has 2 heterocycles. The number of piperidine rings is 1. The minimum Gasteiger partial charge on any atom is -0.486 e. The van der Waals surface area contributed by atoms with E-state index in [-0.39, 0.29) is 18.2 Å². The Morgan fingerprint density at radius 1 is 1.24 bits per heavy atom. The molecule has 25 heavy (non-hydrogen) atoms. The molecule has 8 nitrogen and oxygen atoms in total. The van der Waals surface area contributed by atoms with E-state index in [2.05, 4.69) is 10.6 Å². The van der Waals surface area contributed by atoms with Crippen LogP contribution >= 0.6 is 0 Å². The number of sulfonamides is 1. The van der Waals surface area contributed by atoms with Crippen molar-refractivity contribution < 1.29 is 22.7 Å². The predicted octanol–water partition coefficient (Wildman–Crippen LogP) is 0.550. The van der Waals surface area contributed by atoms with Crippen LogP contribution in [0.3, 0.4) is 0 Å². The molecule has 0 saturated carbocycles. The number of rotatable bonds is 4. The average molecular weight is 369 g/mol. The molecule has 1 aromatic rings. The lowest BCUT2D eigenvalue weighted by atomic mass is 10.1. The maximum Gasteiger partial charge on any atom is 0.315 e. The number of urea groups is 1. The molecular formula is C16H23N3O5S. The van der Waals surface area contributed by atoms with Crippen molar-refractivity contribution in [1.29, 1.82) is 0 Å². The van der Waals surface area contributed by atoms with Gasteiger partial charge in [-0.15, -0.1) is 0 Å². The molecule has 0 unspecified atom stereocenters. The first kappa shape index (κ1) is 17.8. The zero-order valence-corrected chi connectivity index (χ0v) is 14.9. The van der Waals surface area contributed by atoms with Crippen LogP contribution in [-0.2, 0) is 10.0 Å². The van der Waals surface area contributed by atoms with Gasteiger partial charge in [-0.2, -0.15) is 0 Å². The van der Waals surface area contributed by atoms with Gasteiger partial charge in [0.05, 0.1) is 12.8 Å². The van der Waals surface area contributed by atoms with E-state index in [9.17, 15) is 13.2 Å². The van der Waals surface area contributed by atoms with E-state index in [1.807, 2.05) is 24.3 Å². The van der Waals surface area contributed by atoms with Gasteiger partial charge in [0, 0.05) is 19.1 Å². The summed E-state index contributed by atoms with van der Waals surface area (Å²) in [7, 11) is -3.15. The number of fused-ring (bicyclic) bond motifs is 1. The highest BCUT2D eigenvalue weighted by Crippen LogP contribution is 2.30. The Morgan fingerprint density at radius 3 is 2.60 bits per heavy atom. The monoisotopic (exact) mass is 369 g/mol. The summed E-state index contributed by atoms with van der Waals surface area (Å²) in [5.41, 5.74) is 0. The summed E-state index contributed by atoms with van der Waals surface area (Å²) >= 11 is 0. The highest BCUT2D eigenvalue weighted by atomic mass is 32.2. The number of hydrogen-bond acceptors (Lipinski definition) is 5. The molecule has 0 radical (unpaired) electrons. The van der Waals surface area contributed by atoms with Gasteiger partial charge in [0.2, 0.25) is 10.0 Å². The molecule has 1 fully saturated rings. The van der Waals surface area contributed by atoms with E-state index < -0.39 is 10.0 Å². The standard InChI is InChI=1S/C16H23N3O5S/c1-25(21,22)19-8-6-12(7-9-19)18-16(20)17-10-13-11-23-14-4-2-3-5-15(14)24-13/h2-5,12-13H,6-11H2,1H3,(H2,17,18,20)/t13-/m0/s1. The molecule has 2 amide bonds. The number of carbonyl (C=O) groups excluding carboxylic acids is 1. The second-order valence-electron chi connectivity index (χ2n) is 6.29. The van der Waals surface area contributed by atoms with Crippen molar-refractivity contribution in [2.24, 2.45) is 0 Å². The smallest absolute Gasteiger partial charge is 0.315 e. The van der Waals surface area contributed by atoms with Crippen LogP contribution in [0.25, 0.3) is 0 Å². The first-order chi connectivity index (χ1) is 11.9. The Morgan fingerprint density at radius 2 is 1.92 bits per heavy atom. The van der Waals surface area contributed by atoms with E-state index in [1.54, 1.807) is 0 Å². The first-order valence-electron chi connectivity index (χ1n) is 8.30. The van der Waals surface area contributed by atoms with Crippen LogP contribution in [0.2, 0.25) is 0 Å². The maximum absolute atomic E-state index is 12.0. The summed E-state index contributed by atoms with van der Waals surface area (Å²) in [6, 6.07) is 7.12. The third-order valence-corrected chi connectivity index (χ3v) is 5.62. The molecule has 9 heteroatoms. The van der Waals surface area contributed by atoms with Gasteiger partial charge in [0.25, 0.3) is 0 Å². The number of nitrogens with zero attached hydrogens (tertiary/aromatic N) is 1. The Hall–Kier alpha value is -2.00. The topological polar surface area (TPSA) is 97.0 Å². The highest BCUT2D eigenvalue weighted by Gasteiger charge is 2.26. The second kappa shape index (κ2) is 7.49. The second-order valence-corrected chi connectivity index (χ2v) is 8.27. The number of benzene rings is 1. The SMILES string of the molecule is CS(=O)(=O)N1CCC(NC(=O)NC[C@H]2COc3ccccc3O2)CC1. The third kappa shape index (κ3) is 4.76. The van der Waals surface area contributed by atoms with Crippen LogP contribution < -0.4 is 20.1 Å². The zero-order valence-electron chi connectivity index (χ0n) is 14.1. The summed E-state index contributed by atoms with van der Waals surface area (Å²) in [6.45, 7) is 1.58. The molecule has 0 aliphatic carbocycles. The summed E-state index contributed by atoms with van der Waals surface area (Å²) in [5.74, 6) is 1.38. The lowest BCUT2D eigenvalue weighted by Gasteiger charge is -2.31. The third-order valence-electron chi connectivity index (χ3n) is 4.32. The van der Waals surface area contributed by atoms with Crippen molar-refractivity contribution in [1.82, 2.24) is 14.9 Å². The molecule has 0 spiro atoms. The summed E-state index contributed by atoms with van der Waals surface area (Å²) in [6.07, 6.45) is 2.18. The molecular weight excluding hydrogens is 346 g/mol. The summed E-state index contributed by atoms with van der Waals surface area (Å²) in [4.78, 5) is 12.0. The van der Waals surface area contributed by atoms with Gasteiger partial charge in [-0.1, -0.05) is 12.1 Å². The Bertz CT molecular complexity index is 716. The highest BCUT2D eigenvalue weighted by molar-refractivity contribution is 7.88. The number of ether oxygens (including phenoxy) is 2. The Kier molecular flexibility index (Phi) is 5.33. The van der Waals surface area contributed by atoms with Crippen LogP contribution in [0.4, 0.5) is 4.79 Å². The molecule has 1 saturated heterocycles. The van der Waals surface area contributed by atoms with Gasteiger partial charge in [-0.05, 0) is 25.0 Å². The number of hydrogen-bond donors (Lipinski definition) is 2. The fourth-order valence-electron chi connectivity index (χ4n) is 2.94. The van der Waals surface area contributed by atoms with Crippen molar-refractivity contribution in [2.75, 3.05) is 32.5 Å². The van der Waals surface area contributed by atoms with Crippen LogP contribution in [0.5, 0.6) is 11.5 Å². The number of amides is 2. The number of carbonyl (C=O) groups is 1. The molecule has 3 rings (SSSR count). The van der Waals surface area contributed by atoms with Crippen molar-refractivity contribution in [3.05, 3.63) is 24.3 Å². The van der Waals surface area contributed by atoms with E-state index in [0.29, 0.717) is 50.6 Å². The quantitative estimate of drug-likeness (QED) is 0.808. The molecule has 2 N–H and O–H groups in total. The predicted molar refractivity (Wildman–Crippen MR) is 92.3 cm³/mol. The fraction of sp³-hybridized carbons (Fsp3) is 0.562. The summed E-state index contributed by atoms with van der Waals surface area (Å²) < 4.78 is 35.8. The largest absolute Gasteiger partial charge is 0.486 e. The number of nitrogens with one attached hydrogen (secondary N) is 2. The van der Waals surface area contributed by atoms with Gasteiger partial charge in [-0.3, -0.25) is 0 Å². The van der Waals surface area contributed by atoms with Crippen molar-refractivity contribution >= 4 is 16.1 Å². The molecule has 138 valence electrons. The number of para-hydroxylation sites is 2. The molecule has 2 aliphatic rings. The molecule has 2 aliphatic heterocycles. The van der Waals surface area contributed by atoms with Crippen LogP contribution in [0.1, 0.15) is 12.8 Å². The van der Waals surface area contributed by atoms with Crippen molar-refractivity contribution in [3.63, 3.8) is 0 Å². The van der Waals surface area contributed by atoms with Crippen LogP contribution in [-0.4, -0.2) is 63.4 Å². The van der Waals surface area contributed by atoms with Gasteiger partial charge >= 0.3 is 6.03 Å². The lowest BCUT2D eigenvalue weighted by molar-refractivity contribution is 0.0916. The Labute approximate surface area is 147 Å². The molecule has 1 aromatic carbocycles. The normalized spacial score (nSPS) is 21.6. The fourth-order valence-corrected chi connectivity index (χ4v) is 3.81. The van der Waals surface area contributed by atoms with E-state index >= 15 is 0 Å². The van der Waals surface area contributed by atoms with Crippen LogP contribution in [0, 0.1) is 0 Å². The Balaban J connectivity index is 1.39. The van der Waals surface area contributed by atoms with Gasteiger partial charge in [0.15, 0.2) is 17.6 Å².